The van der Waals surface area contributed by atoms with E-state index in [-0.39, 0.29) is 17.6 Å². The molecule has 5 nitrogen and oxygen atoms in total. The van der Waals surface area contributed by atoms with Crippen LogP contribution in [0.2, 0.25) is 5.02 Å². The van der Waals surface area contributed by atoms with Crippen molar-refractivity contribution in [2.45, 2.75) is 19.9 Å². The van der Waals surface area contributed by atoms with Gasteiger partial charge in [-0.2, -0.15) is 5.10 Å². The van der Waals surface area contributed by atoms with Gasteiger partial charge in [-0.15, -0.1) is 0 Å². The molecule has 0 saturated carbocycles. The molecule has 1 aromatic carbocycles. The summed E-state index contributed by atoms with van der Waals surface area (Å²) >= 11 is 6.17. The van der Waals surface area contributed by atoms with Crippen molar-refractivity contribution in [2.24, 2.45) is 7.05 Å². The van der Waals surface area contributed by atoms with Gasteiger partial charge in [0.25, 0.3) is 5.91 Å². The highest BCUT2D eigenvalue weighted by atomic mass is 35.5. The molecule has 6 heteroatoms. The number of aromatic nitrogens is 3. The fraction of sp³-hybridized carbons (Fsp3) is 0.222. The molecule has 24 heavy (non-hydrogen) atoms. The molecule has 0 aliphatic heterocycles. The van der Waals surface area contributed by atoms with E-state index in [1.165, 1.54) is 0 Å². The zero-order valence-electron chi connectivity index (χ0n) is 13.8. The molecule has 0 aliphatic rings. The van der Waals surface area contributed by atoms with Gasteiger partial charge in [-0.3, -0.25) is 9.48 Å². The molecule has 124 valence electrons. The Bertz CT molecular complexity index is 850. The van der Waals surface area contributed by atoms with Crippen LogP contribution in [0.3, 0.4) is 0 Å². The maximum absolute atomic E-state index is 12.4. The normalized spacial score (nSPS) is 12.2. The number of halogens is 1. The van der Waals surface area contributed by atoms with Crippen LogP contribution in [-0.2, 0) is 7.05 Å². The Morgan fingerprint density at radius 1 is 1.21 bits per heavy atom. The highest BCUT2D eigenvalue weighted by Crippen LogP contribution is 2.21. The summed E-state index contributed by atoms with van der Waals surface area (Å²) in [5.41, 5.74) is 3.12. The van der Waals surface area contributed by atoms with Crippen LogP contribution in [-0.4, -0.2) is 20.3 Å². The summed E-state index contributed by atoms with van der Waals surface area (Å²) in [6.07, 6.45) is 3.98. The van der Waals surface area contributed by atoms with Gasteiger partial charge in [0.1, 0.15) is 0 Å². The number of hydrogen-bond donors (Lipinski definition) is 1. The molecule has 0 spiro atoms. The summed E-state index contributed by atoms with van der Waals surface area (Å²) < 4.78 is 3.64. The maximum atomic E-state index is 12.4. The Kier molecular flexibility index (Phi) is 4.44. The third-order valence-electron chi connectivity index (χ3n) is 4.12. The van der Waals surface area contributed by atoms with Crippen LogP contribution in [0.25, 0.3) is 5.69 Å². The van der Waals surface area contributed by atoms with E-state index in [0.717, 1.165) is 16.9 Å². The minimum Gasteiger partial charge on any atom is -0.344 e. The molecule has 0 bridgehead atoms. The summed E-state index contributed by atoms with van der Waals surface area (Å²) in [5.74, 6) is -0.273. The first-order chi connectivity index (χ1) is 11.5. The van der Waals surface area contributed by atoms with Crippen LogP contribution in [0.1, 0.15) is 34.7 Å². The molecular formula is C18H19ClN4O. The van der Waals surface area contributed by atoms with Gasteiger partial charge < -0.3 is 9.88 Å². The van der Waals surface area contributed by atoms with Crippen molar-refractivity contribution >= 4 is 17.5 Å². The third-order valence-corrected chi connectivity index (χ3v) is 4.57. The SMILES string of the molecule is Cc1c(Cl)c(C(=O)NC(C)c2ccc(-n3cccc3)cc2)nn1C. The number of hydrogen-bond acceptors (Lipinski definition) is 2. The van der Waals surface area contributed by atoms with Gasteiger partial charge in [-0.25, -0.2) is 0 Å². The number of carbonyl (C=O) groups excluding carboxylic acids is 1. The Labute approximate surface area is 145 Å². The molecule has 2 aromatic heterocycles. The van der Waals surface area contributed by atoms with Gasteiger partial charge in [0.2, 0.25) is 0 Å². The molecule has 3 aromatic rings. The maximum Gasteiger partial charge on any atom is 0.273 e. The first-order valence-electron chi connectivity index (χ1n) is 7.70. The summed E-state index contributed by atoms with van der Waals surface area (Å²) in [4.78, 5) is 12.4. The minimum atomic E-state index is -0.273. The minimum absolute atomic E-state index is 0.144. The van der Waals surface area contributed by atoms with Crippen molar-refractivity contribution in [2.75, 3.05) is 0 Å². The number of nitrogens with one attached hydrogen (secondary N) is 1. The molecule has 1 N–H and O–H groups in total. The van der Waals surface area contributed by atoms with E-state index < -0.39 is 0 Å². The number of benzene rings is 1. The zero-order chi connectivity index (χ0) is 17.3. The predicted molar refractivity (Wildman–Crippen MR) is 94.6 cm³/mol. The fourth-order valence-corrected chi connectivity index (χ4v) is 2.76. The zero-order valence-corrected chi connectivity index (χ0v) is 14.6. The van der Waals surface area contributed by atoms with Crippen molar-refractivity contribution in [1.29, 1.82) is 0 Å². The summed E-state index contributed by atoms with van der Waals surface area (Å²) in [6, 6.07) is 11.9. The van der Waals surface area contributed by atoms with Crippen molar-refractivity contribution in [3.63, 3.8) is 0 Å². The number of aryl methyl sites for hydroxylation is 1. The Balaban J connectivity index is 1.73. The second-order valence-corrected chi connectivity index (χ2v) is 6.13. The monoisotopic (exact) mass is 342 g/mol. The first-order valence-corrected chi connectivity index (χ1v) is 8.08. The van der Waals surface area contributed by atoms with Gasteiger partial charge in [-0.05, 0) is 43.7 Å². The van der Waals surface area contributed by atoms with Crippen molar-refractivity contribution in [3.05, 3.63) is 70.8 Å². The fourth-order valence-electron chi connectivity index (χ4n) is 2.52. The molecule has 1 atom stereocenters. The molecule has 1 amide bonds. The lowest BCUT2D eigenvalue weighted by Crippen LogP contribution is -2.27. The second kappa shape index (κ2) is 6.53. The van der Waals surface area contributed by atoms with Crippen LogP contribution in [0.4, 0.5) is 0 Å². The van der Waals surface area contributed by atoms with Crippen LogP contribution in [0, 0.1) is 6.92 Å². The number of rotatable bonds is 4. The van der Waals surface area contributed by atoms with Gasteiger partial charge in [0, 0.05) is 25.1 Å². The molecular weight excluding hydrogens is 324 g/mol. The topological polar surface area (TPSA) is 51.9 Å². The van der Waals surface area contributed by atoms with Gasteiger partial charge in [0.05, 0.1) is 16.8 Å². The van der Waals surface area contributed by atoms with E-state index >= 15 is 0 Å². The Hall–Kier alpha value is -2.53. The van der Waals surface area contributed by atoms with E-state index in [4.69, 9.17) is 11.6 Å². The van der Waals surface area contributed by atoms with Crippen LogP contribution in [0.15, 0.2) is 48.8 Å². The molecule has 0 fully saturated rings. The lowest BCUT2D eigenvalue weighted by atomic mass is 10.1. The quantitative estimate of drug-likeness (QED) is 0.786. The predicted octanol–water partition coefficient (Wildman–Crippen LogP) is 3.66. The standard InChI is InChI=1S/C18H19ClN4O/c1-12(20-18(24)17-16(19)13(2)22(3)21-17)14-6-8-15(9-7-14)23-10-4-5-11-23/h4-12H,1-3H3,(H,20,24). The highest BCUT2D eigenvalue weighted by Gasteiger charge is 2.20. The molecule has 3 rings (SSSR count). The third kappa shape index (κ3) is 3.08. The first kappa shape index (κ1) is 16.3. The van der Waals surface area contributed by atoms with Gasteiger partial charge in [-0.1, -0.05) is 23.7 Å². The number of nitrogens with zero attached hydrogens (tertiary/aromatic N) is 3. The van der Waals surface area contributed by atoms with Crippen molar-refractivity contribution in [3.8, 4) is 5.69 Å². The largest absolute Gasteiger partial charge is 0.344 e. The van der Waals surface area contributed by atoms with E-state index in [9.17, 15) is 4.79 Å². The summed E-state index contributed by atoms with van der Waals surface area (Å²) in [7, 11) is 1.77. The van der Waals surface area contributed by atoms with Crippen LogP contribution >= 0.6 is 11.6 Å². The molecule has 2 heterocycles. The smallest absolute Gasteiger partial charge is 0.273 e. The lowest BCUT2D eigenvalue weighted by Gasteiger charge is -2.14. The van der Waals surface area contributed by atoms with Crippen LogP contribution < -0.4 is 5.32 Å². The van der Waals surface area contributed by atoms with Gasteiger partial charge in [0.15, 0.2) is 5.69 Å². The van der Waals surface area contributed by atoms with Gasteiger partial charge >= 0.3 is 0 Å². The Morgan fingerprint density at radius 2 is 1.83 bits per heavy atom. The lowest BCUT2D eigenvalue weighted by molar-refractivity contribution is 0.0934. The number of amides is 1. The summed E-state index contributed by atoms with van der Waals surface area (Å²) in [5, 5.41) is 7.51. The summed E-state index contributed by atoms with van der Waals surface area (Å²) in [6.45, 7) is 3.77. The molecule has 0 saturated heterocycles. The molecule has 0 aliphatic carbocycles. The molecule has 0 radical (unpaired) electrons. The van der Waals surface area contributed by atoms with E-state index in [1.54, 1.807) is 11.7 Å². The molecule has 1 unspecified atom stereocenters. The van der Waals surface area contributed by atoms with Crippen molar-refractivity contribution < 1.29 is 4.79 Å². The highest BCUT2D eigenvalue weighted by molar-refractivity contribution is 6.34. The second-order valence-electron chi connectivity index (χ2n) is 5.75. The van der Waals surface area contributed by atoms with Crippen molar-refractivity contribution in [1.82, 2.24) is 19.7 Å². The van der Waals surface area contributed by atoms with E-state index in [2.05, 4.69) is 10.4 Å². The number of carbonyl (C=O) groups is 1. The Morgan fingerprint density at radius 3 is 2.38 bits per heavy atom. The van der Waals surface area contributed by atoms with E-state index in [1.807, 2.05) is 67.2 Å². The average molecular weight is 343 g/mol. The van der Waals surface area contributed by atoms with Crippen LogP contribution in [0.5, 0.6) is 0 Å². The average Bonchev–Trinajstić information content (AvgIpc) is 3.20. The van der Waals surface area contributed by atoms with E-state index in [0.29, 0.717) is 5.02 Å².